The summed E-state index contributed by atoms with van der Waals surface area (Å²) < 4.78 is 12.5. The molecule has 0 radical (unpaired) electrons. The SMILES string of the molecule is COc1cc2nc(C3CCCCC3)n(CC(=O)O)c2cc1OC. The number of hydrogen-bond donors (Lipinski definition) is 1. The molecular formula is C17H22N2O4. The average Bonchev–Trinajstić information content (AvgIpc) is 2.91. The van der Waals surface area contributed by atoms with E-state index in [1.165, 1.54) is 19.3 Å². The minimum atomic E-state index is -0.865. The minimum Gasteiger partial charge on any atom is -0.493 e. The van der Waals surface area contributed by atoms with E-state index in [4.69, 9.17) is 14.5 Å². The standard InChI is InChI=1S/C17H22N2O4/c1-22-14-8-12-13(9-15(14)23-2)19(10-16(20)21)17(18-12)11-6-4-3-5-7-11/h8-9,11H,3-7,10H2,1-2H3,(H,20,21). The number of hydrogen-bond acceptors (Lipinski definition) is 4. The normalized spacial score (nSPS) is 15.7. The molecule has 0 unspecified atom stereocenters. The van der Waals surface area contributed by atoms with Crippen LogP contribution in [0.4, 0.5) is 0 Å². The van der Waals surface area contributed by atoms with E-state index >= 15 is 0 Å². The fraction of sp³-hybridized carbons (Fsp3) is 0.529. The van der Waals surface area contributed by atoms with Gasteiger partial charge in [-0.15, -0.1) is 0 Å². The predicted octanol–water partition coefficient (Wildman–Crippen LogP) is 3.19. The van der Waals surface area contributed by atoms with E-state index in [9.17, 15) is 9.90 Å². The van der Waals surface area contributed by atoms with Crippen molar-refractivity contribution in [3.05, 3.63) is 18.0 Å². The molecule has 0 atom stereocenters. The van der Waals surface area contributed by atoms with Gasteiger partial charge in [0.2, 0.25) is 0 Å². The number of fused-ring (bicyclic) bond motifs is 1. The van der Waals surface area contributed by atoms with Gasteiger partial charge in [0, 0.05) is 18.1 Å². The zero-order chi connectivity index (χ0) is 16.4. The summed E-state index contributed by atoms with van der Waals surface area (Å²) in [6.45, 7) is -0.0855. The fourth-order valence-corrected chi connectivity index (χ4v) is 3.44. The van der Waals surface area contributed by atoms with Crippen LogP contribution in [0.25, 0.3) is 11.0 Å². The number of aromatic nitrogens is 2. The van der Waals surface area contributed by atoms with Gasteiger partial charge < -0.3 is 19.1 Å². The second-order valence-corrected chi connectivity index (χ2v) is 5.98. The molecule has 1 fully saturated rings. The van der Waals surface area contributed by atoms with Crippen LogP contribution < -0.4 is 9.47 Å². The van der Waals surface area contributed by atoms with Crippen molar-refractivity contribution >= 4 is 17.0 Å². The molecule has 6 heteroatoms. The summed E-state index contributed by atoms with van der Waals surface area (Å²) in [5, 5.41) is 9.29. The molecule has 23 heavy (non-hydrogen) atoms. The average molecular weight is 318 g/mol. The smallest absolute Gasteiger partial charge is 0.323 e. The van der Waals surface area contributed by atoms with E-state index in [0.29, 0.717) is 17.4 Å². The number of benzene rings is 1. The number of methoxy groups -OCH3 is 2. The number of nitrogens with zero attached hydrogens (tertiary/aromatic N) is 2. The Balaban J connectivity index is 2.15. The van der Waals surface area contributed by atoms with Gasteiger partial charge >= 0.3 is 5.97 Å². The first-order chi connectivity index (χ1) is 11.1. The highest BCUT2D eigenvalue weighted by molar-refractivity contribution is 5.82. The van der Waals surface area contributed by atoms with Crippen molar-refractivity contribution in [2.45, 2.75) is 44.6 Å². The molecule has 1 aromatic carbocycles. The minimum absolute atomic E-state index is 0.0855. The third-order valence-corrected chi connectivity index (χ3v) is 4.55. The Morgan fingerprint density at radius 2 is 1.87 bits per heavy atom. The lowest BCUT2D eigenvalue weighted by atomic mass is 9.88. The monoisotopic (exact) mass is 318 g/mol. The van der Waals surface area contributed by atoms with E-state index in [2.05, 4.69) is 0 Å². The van der Waals surface area contributed by atoms with Crippen molar-refractivity contribution in [1.82, 2.24) is 9.55 Å². The summed E-state index contributed by atoms with van der Waals surface area (Å²) in [4.78, 5) is 16.1. The predicted molar refractivity (Wildman–Crippen MR) is 86.3 cm³/mol. The van der Waals surface area contributed by atoms with Gasteiger partial charge in [0.1, 0.15) is 12.4 Å². The van der Waals surface area contributed by atoms with Crippen LogP contribution in [-0.2, 0) is 11.3 Å². The van der Waals surface area contributed by atoms with Crippen LogP contribution in [0.1, 0.15) is 43.8 Å². The molecule has 1 aliphatic rings. The highest BCUT2D eigenvalue weighted by Gasteiger charge is 2.24. The van der Waals surface area contributed by atoms with Crippen LogP contribution in [0.5, 0.6) is 11.5 Å². The zero-order valence-corrected chi connectivity index (χ0v) is 13.5. The maximum atomic E-state index is 11.3. The zero-order valence-electron chi connectivity index (χ0n) is 13.5. The largest absolute Gasteiger partial charge is 0.493 e. The van der Waals surface area contributed by atoms with Crippen molar-refractivity contribution in [3.8, 4) is 11.5 Å². The van der Waals surface area contributed by atoms with Crippen molar-refractivity contribution < 1.29 is 19.4 Å². The molecule has 1 saturated carbocycles. The second kappa shape index (κ2) is 6.48. The molecule has 6 nitrogen and oxygen atoms in total. The van der Waals surface area contributed by atoms with Gasteiger partial charge in [0.05, 0.1) is 25.3 Å². The van der Waals surface area contributed by atoms with Crippen molar-refractivity contribution in [2.75, 3.05) is 14.2 Å². The Morgan fingerprint density at radius 1 is 1.22 bits per heavy atom. The quantitative estimate of drug-likeness (QED) is 0.916. The molecule has 124 valence electrons. The van der Waals surface area contributed by atoms with Gasteiger partial charge in [0.25, 0.3) is 0 Å². The van der Waals surface area contributed by atoms with Gasteiger partial charge in [-0.25, -0.2) is 4.98 Å². The topological polar surface area (TPSA) is 73.6 Å². The van der Waals surface area contributed by atoms with Gasteiger partial charge in [0.15, 0.2) is 11.5 Å². The Bertz CT molecular complexity index is 717. The van der Waals surface area contributed by atoms with Gasteiger partial charge in [-0.1, -0.05) is 19.3 Å². The van der Waals surface area contributed by atoms with Crippen LogP contribution in [0.15, 0.2) is 12.1 Å². The molecule has 3 rings (SSSR count). The first-order valence-electron chi connectivity index (χ1n) is 7.98. The third kappa shape index (κ3) is 2.98. The third-order valence-electron chi connectivity index (χ3n) is 4.55. The molecule has 0 saturated heterocycles. The fourth-order valence-electron chi connectivity index (χ4n) is 3.44. The Labute approximate surface area is 135 Å². The van der Waals surface area contributed by atoms with Crippen molar-refractivity contribution in [3.63, 3.8) is 0 Å². The van der Waals surface area contributed by atoms with Crippen molar-refractivity contribution in [1.29, 1.82) is 0 Å². The summed E-state index contributed by atoms with van der Waals surface area (Å²) >= 11 is 0. The highest BCUT2D eigenvalue weighted by atomic mass is 16.5. The second-order valence-electron chi connectivity index (χ2n) is 5.98. The lowest BCUT2D eigenvalue weighted by Gasteiger charge is -2.21. The molecule has 0 bridgehead atoms. The van der Waals surface area contributed by atoms with Gasteiger partial charge in [-0.3, -0.25) is 4.79 Å². The van der Waals surface area contributed by atoms with Crippen LogP contribution in [0.3, 0.4) is 0 Å². The number of carboxylic acids is 1. The summed E-state index contributed by atoms with van der Waals surface area (Å²) in [7, 11) is 3.16. The number of carboxylic acid groups (broad SMARTS) is 1. The molecule has 2 aromatic rings. The van der Waals surface area contributed by atoms with Gasteiger partial charge in [-0.2, -0.15) is 0 Å². The number of aliphatic carboxylic acids is 1. The molecule has 1 heterocycles. The van der Waals surface area contributed by atoms with Crippen LogP contribution >= 0.6 is 0 Å². The molecule has 1 aromatic heterocycles. The molecule has 1 N–H and O–H groups in total. The Kier molecular flexibility index (Phi) is 4.41. The van der Waals surface area contributed by atoms with Gasteiger partial charge in [-0.05, 0) is 12.8 Å². The first kappa shape index (κ1) is 15.6. The van der Waals surface area contributed by atoms with Crippen molar-refractivity contribution in [2.24, 2.45) is 0 Å². The van der Waals surface area contributed by atoms with E-state index < -0.39 is 5.97 Å². The lowest BCUT2D eigenvalue weighted by molar-refractivity contribution is -0.137. The number of ether oxygens (including phenoxy) is 2. The molecule has 1 aliphatic carbocycles. The highest BCUT2D eigenvalue weighted by Crippen LogP contribution is 2.37. The summed E-state index contributed by atoms with van der Waals surface area (Å²) in [5.41, 5.74) is 1.54. The van der Waals surface area contributed by atoms with E-state index in [0.717, 1.165) is 29.7 Å². The molecular weight excluding hydrogens is 296 g/mol. The number of rotatable bonds is 5. The first-order valence-corrected chi connectivity index (χ1v) is 7.98. The molecule has 0 amide bonds. The van der Waals surface area contributed by atoms with Crippen LogP contribution in [0.2, 0.25) is 0 Å². The Hall–Kier alpha value is -2.24. The maximum Gasteiger partial charge on any atom is 0.323 e. The summed E-state index contributed by atoms with van der Waals surface area (Å²) in [6, 6.07) is 3.63. The number of imidazole rings is 1. The maximum absolute atomic E-state index is 11.3. The van der Waals surface area contributed by atoms with Crippen LogP contribution in [-0.4, -0.2) is 34.8 Å². The van der Waals surface area contributed by atoms with E-state index in [-0.39, 0.29) is 6.54 Å². The summed E-state index contributed by atoms with van der Waals surface area (Å²) in [6.07, 6.45) is 5.73. The summed E-state index contributed by atoms with van der Waals surface area (Å²) in [5.74, 6) is 1.53. The van der Waals surface area contributed by atoms with E-state index in [1.807, 2.05) is 16.7 Å². The lowest BCUT2D eigenvalue weighted by Crippen LogP contribution is -2.16. The number of carbonyl (C=O) groups is 1. The Morgan fingerprint density at radius 3 is 2.48 bits per heavy atom. The van der Waals surface area contributed by atoms with Crippen LogP contribution in [0, 0.1) is 0 Å². The van der Waals surface area contributed by atoms with E-state index in [1.54, 1.807) is 14.2 Å². The molecule has 0 spiro atoms. The molecule has 0 aliphatic heterocycles.